The molecule has 0 amide bonds. The molecule has 0 N–H and O–H groups in total. The molecule has 0 aliphatic rings. The number of benzene rings is 1. The van der Waals surface area contributed by atoms with E-state index in [9.17, 15) is 4.39 Å². The molecule has 0 aliphatic carbocycles. The van der Waals surface area contributed by atoms with Gasteiger partial charge in [-0.1, -0.05) is 19.9 Å². The molecule has 1 nitrogen and oxygen atoms in total. The average Bonchev–Trinajstić information content (AvgIpc) is 2.19. The van der Waals surface area contributed by atoms with Crippen LogP contribution in [0.5, 0.6) is 0 Å². The lowest BCUT2D eigenvalue weighted by molar-refractivity contribution is 0.637. The molecule has 0 saturated heterocycles. The molecule has 2 heteroatoms. The van der Waals surface area contributed by atoms with Gasteiger partial charge in [-0.3, -0.25) is 4.98 Å². The maximum atomic E-state index is 13.5. The van der Waals surface area contributed by atoms with Crippen LogP contribution in [0.25, 0.3) is 10.8 Å². The van der Waals surface area contributed by atoms with Crippen LogP contribution in [0.3, 0.4) is 0 Å². The van der Waals surface area contributed by atoms with E-state index in [4.69, 9.17) is 0 Å². The molecule has 1 aromatic carbocycles. The van der Waals surface area contributed by atoms with Crippen LogP contribution >= 0.6 is 0 Å². The predicted molar refractivity (Wildman–Crippen MR) is 62.5 cm³/mol. The summed E-state index contributed by atoms with van der Waals surface area (Å²) in [6.45, 7) is 7.71. The zero-order valence-electron chi connectivity index (χ0n) is 9.63. The first-order chi connectivity index (χ1) is 7.18. The van der Waals surface area contributed by atoms with Crippen molar-refractivity contribution in [2.24, 2.45) is 0 Å². The summed E-state index contributed by atoms with van der Waals surface area (Å²) in [6.07, 6.45) is 1.70. The zero-order chi connectivity index (χ0) is 11.4. The number of fused-ring (bicyclic) bond motifs is 1. The molecule has 2 aromatic rings. The standard InChI is InChI=1S/C11H10FN.C2H6/c1-7-5-9-3-4-13-8(2)11(9)10(12)6-7;1-2/h3-6H,1-2H3;1-2H3. The van der Waals surface area contributed by atoms with Gasteiger partial charge in [0.2, 0.25) is 0 Å². The lowest BCUT2D eigenvalue weighted by atomic mass is 10.1. The highest BCUT2D eigenvalue weighted by Gasteiger charge is 2.04. The average molecular weight is 205 g/mol. The van der Waals surface area contributed by atoms with E-state index in [1.54, 1.807) is 6.20 Å². The Labute approximate surface area is 90.0 Å². The van der Waals surface area contributed by atoms with E-state index in [2.05, 4.69) is 4.98 Å². The van der Waals surface area contributed by atoms with Crippen molar-refractivity contribution in [1.82, 2.24) is 4.98 Å². The van der Waals surface area contributed by atoms with Crippen molar-refractivity contribution < 1.29 is 4.39 Å². The van der Waals surface area contributed by atoms with Crippen LogP contribution < -0.4 is 0 Å². The van der Waals surface area contributed by atoms with Gasteiger partial charge >= 0.3 is 0 Å². The highest BCUT2D eigenvalue weighted by atomic mass is 19.1. The Morgan fingerprint density at radius 1 is 1.13 bits per heavy atom. The first-order valence-corrected chi connectivity index (χ1v) is 5.20. The highest BCUT2D eigenvalue weighted by molar-refractivity contribution is 5.85. The van der Waals surface area contributed by atoms with E-state index >= 15 is 0 Å². The third kappa shape index (κ3) is 2.32. The van der Waals surface area contributed by atoms with E-state index in [1.807, 2.05) is 39.8 Å². The second-order valence-electron chi connectivity index (χ2n) is 3.24. The largest absolute Gasteiger partial charge is 0.261 e. The fourth-order valence-corrected chi connectivity index (χ4v) is 1.58. The summed E-state index contributed by atoms with van der Waals surface area (Å²) >= 11 is 0. The molecule has 80 valence electrons. The Kier molecular flexibility index (Phi) is 3.78. The predicted octanol–water partition coefficient (Wildman–Crippen LogP) is 4.02. The van der Waals surface area contributed by atoms with Gasteiger partial charge in [0.1, 0.15) is 5.82 Å². The smallest absolute Gasteiger partial charge is 0.133 e. The zero-order valence-corrected chi connectivity index (χ0v) is 9.63. The van der Waals surface area contributed by atoms with Crippen molar-refractivity contribution in [3.8, 4) is 0 Å². The number of nitrogens with zero attached hydrogens (tertiary/aromatic N) is 1. The minimum Gasteiger partial charge on any atom is -0.261 e. The minimum atomic E-state index is -0.180. The summed E-state index contributed by atoms with van der Waals surface area (Å²) in [4.78, 5) is 4.06. The molecule has 15 heavy (non-hydrogen) atoms. The maximum Gasteiger partial charge on any atom is 0.133 e. The van der Waals surface area contributed by atoms with Gasteiger partial charge in [-0.15, -0.1) is 0 Å². The Bertz CT molecular complexity index is 463. The van der Waals surface area contributed by atoms with Crippen molar-refractivity contribution >= 4 is 10.8 Å². The van der Waals surface area contributed by atoms with Crippen molar-refractivity contribution in [2.45, 2.75) is 27.7 Å². The summed E-state index contributed by atoms with van der Waals surface area (Å²) in [7, 11) is 0. The summed E-state index contributed by atoms with van der Waals surface area (Å²) in [6, 6.07) is 5.34. The van der Waals surface area contributed by atoms with Crippen LogP contribution in [-0.2, 0) is 0 Å². The molecule has 0 aliphatic heterocycles. The van der Waals surface area contributed by atoms with E-state index in [-0.39, 0.29) is 5.82 Å². The molecule has 0 fully saturated rings. The molecule has 0 radical (unpaired) electrons. The minimum absolute atomic E-state index is 0.180. The lowest BCUT2D eigenvalue weighted by Crippen LogP contribution is -1.88. The van der Waals surface area contributed by atoms with Crippen LogP contribution in [0, 0.1) is 19.7 Å². The molecule has 1 heterocycles. The van der Waals surface area contributed by atoms with E-state index in [1.165, 1.54) is 6.07 Å². The molecular weight excluding hydrogens is 189 g/mol. The van der Waals surface area contributed by atoms with Gasteiger partial charge in [-0.2, -0.15) is 0 Å². The van der Waals surface area contributed by atoms with Crippen molar-refractivity contribution in [2.75, 3.05) is 0 Å². The Balaban J connectivity index is 0.000000531. The van der Waals surface area contributed by atoms with Crippen molar-refractivity contribution in [1.29, 1.82) is 0 Å². The molecule has 2 rings (SSSR count). The van der Waals surface area contributed by atoms with Crippen LogP contribution in [0.4, 0.5) is 4.39 Å². The Morgan fingerprint density at radius 3 is 2.47 bits per heavy atom. The van der Waals surface area contributed by atoms with E-state index < -0.39 is 0 Å². The SMILES string of the molecule is CC.Cc1cc(F)c2c(C)nccc2c1. The number of pyridine rings is 1. The van der Waals surface area contributed by atoms with Gasteiger partial charge in [0, 0.05) is 17.3 Å². The molecule has 1 aromatic heterocycles. The summed E-state index contributed by atoms with van der Waals surface area (Å²) < 4.78 is 13.5. The number of hydrogen-bond donors (Lipinski definition) is 0. The number of halogens is 1. The van der Waals surface area contributed by atoms with Gasteiger partial charge in [0.15, 0.2) is 0 Å². The summed E-state index contributed by atoms with van der Waals surface area (Å²) in [5.41, 5.74) is 1.69. The number of aromatic nitrogens is 1. The van der Waals surface area contributed by atoms with Gasteiger partial charge < -0.3 is 0 Å². The van der Waals surface area contributed by atoms with Gasteiger partial charge in [-0.25, -0.2) is 4.39 Å². The Morgan fingerprint density at radius 2 is 1.80 bits per heavy atom. The van der Waals surface area contributed by atoms with Crippen molar-refractivity contribution in [3.05, 3.63) is 41.5 Å². The number of hydrogen-bond acceptors (Lipinski definition) is 1. The van der Waals surface area contributed by atoms with Crippen LogP contribution in [0.15, 0.2) is 24.4 Å². The second kappa shape index (κ2) is 4.87. The van der Waals surface area contributed by atoms with Crippen molar-refractivity contribution in [3.63, 3.8) is 0 Å². The third-order valence-corrected chi connectivity index (χ3v) is 2.15. The van der Waals surface area contributed by atoms with Crippen LogP contribution in [-0.4, -0.2) is 4.98 Å². The summed E-state index contributed by atoms with van der Waals surface area (Å²) in [5, 5.41) is 1.55. The molecule has 0 atom stereocenters. The number of aryl methyl sites for hydroxylation is 2. The lowest BCUT2D eigenvalue weighted by Gasteiger charge is -2.03. The van der Waals surface area contributed by atoms with E-state index in [0.717, 1.165) is 16.6 Å². The fraction of sp³-hybridized carbons (Fsp3) is 0.308. The van der Waals surface area contributed by atoms with Gasteiger partial charge in [0.25, 0.3) is 0 Å². The third-order valence-electron chi connectivity index (χ3n) is 2.15. The fourth-order valence-electron chi connectivity index (χ4n) is 1.58. The quantitative estimate of drug-likeness (QED) is 0.633. The molecule has 0 spiro atoms. The highest BCUT2D eigenvalue weighted by Crippen LogP contribution is 2.21. The maximum absolute atomic E-state index is 13.5. The molecule has 0 unspecified atom stereocenters. The van der Waals surface area contributed by atoms with Crippen LogP contribution in [0.2, 0.25) is 0 Å². The Hall–Kier alpha value is -1.44. The first kappa shape index (κ1) is 11.6. The van der Waals surface area contributed by atoms with E-state index in [0.29, 0.717) is 5.39 Å². The molecular formula is C13H16FN. The normalized spacial score (nSPS) is 9.67. The monoisotopic (exact) mass is 205 g/mol. The summed E-state index contributed by atoms with van der Waals surface area (Å²) in [5.74, 6) is -0.180. The molecule has 0 bridgehead atoms. The van der Waals surface area contributed by atoms with Crippen LogP contribution in [0.1, 0.15) is 25.1 Å². The first-order valence-electron chi connectivity index (χ1n) is 5.20. The number of rotatable bonds is 0. The van der Waals surface area contributed by atoms with Gasteiger partial charge in [0.05, 0.1) is 0 Å². The molecule has 0 saturated carbocycles. The topological polar surface area (TPSA) is 12.9 Å². The second-order valence-corrected chi connectivity index (χ2v) is 3.24. The van der Waals surface area contributed by atoms with Gasteiger partial charge in [-0.05, 0) is 36.9 Å².